The fraction of sp³-hybridized carbons (Fsp3) is 0.158. The fourth-order valence-electron chi connectivity index (χ4n) is 3.07. The first-order valence-electron chi connectivity index (χ1n) is 8.06. The third kappa shape index (κ3) is 2.82. The van der Waals surface area contributed by atoms with Crippen LogP contribution in [0.3, 0.4) is 0 Å². The van der Waals surface area contributed by atoms with Gasteiger partial charge in [-0.05, 0) is 42.3 Å². The number of para-hydroxylation sites is 2. The Morgan fingerprint density at radius 2 is 1.92 bits per heavy atom. The van der Waals surface area contributed by atoms with Gasteiger partial charge in [0.15, 0.2) is 0 Å². The number of aromatic nitrogens is 2. The number of fused-ring (bicyclic) bond motifs is 2. The van der Waals surface area contributed by atoms with Gasteiger partial charge in [0.05, 0.1) is 17.2 Å². The van der Waals surface area contributed by atoms with Crippen molar-refractivity contribution >= 4 is 34.2 Å². The van der Waals surface area contributed by atoms with Gasteiger partial charge in [-0.15, -0.1) is 0 Å². The molecule has 0 unspecified atom stereocenters. The van der Waals surface area contributed by atoms with Crippen LogP contribution in [-0.4, -0.2) is 28.3 Å². The average molecular weight is 332 g/mol. The van der Waals surface area contributed by atoms with Crippen LogP contribution in [0, 0.1) is 0 Å². The maximum atomic E-state index is 12.5. The van der Waals surface area contributed by atoms with Crippen molar-refractivity contribution in [3.8, 4) is 0 Å². The molecule has 2 heterocycles. The lowest BCUT2D eigenvalue weighted by Crippen LogP contribution is -2.25. The largest absolute Gasteiger partial charge is 0.321 e. The monoisotopic (exact) mass is 332 g/mol. The summed E-state index contributed by atoms with van der Waals surface area (Å²) in [6.45, 7) is 2.24. The highest BCUT2D eigenvalue weighted by Crippen LogP contribution is 2.30. The standard InChI is InChI=1S/C19H16N4O2/c1-12(24)23-9-8-13-10-14(6-7-18(13)23)21-19(25)17-11-20-15-4-2-3-5-16(15)22-17/h2-7,10-11H,8-9H2,1H3,(H,21,25). The first kappa shape index (κ1) is 15.3. The summed E-state index contributed by atoms with van der Waals surface area (Å²) in [4.78, 5) is 34.4. The lowest BCUT2D eigenvalue weighted by molar-refractivity contribution is -0.116. The molecule has 0 fully saturated rings. The summed E-state index contributed by atoms with van der Waals surface area (Å²) >= 11 is 0. The zero-order valence-electron chi connectivity index (χ0n) is 13.7. The third-order valence-electron chi connectivity index (χ3n) is 4.29. The van der Waals surface area contributed by atoms with Gasteiger partial charge in [-0.3, -0.25) is 14.6 Å². The first-order valence-corrected chi connectivity index (χ1v) is 8.06. The van der Waals surface area contributed by atoms with Crippen LogP contribution in [0.2, 0.25) is 0 Å². The molecule has 25 heavy (non-hydrogen) atoms. The molecule has 0 bridgehead atoms. The molecule has 0 aliphatic carbocycles. The van der Waals surface area contributed by atoms with Crippen LogP contribution in [0.25, 0.3) is 11.0 Å². The number of nitrogens with zero attached hydrogens (tertiary/aromatic N) is 3. The van der Waals surface area contributed by atoms with Crippen molar-refractivity contribution in [2.75, 3.05) is 16.8 Å². The van der Waals surface area contributed by atoms with Gasteiger partial charge in [0.25, 0.3) is 5.91 Å². The molecule has 0 radical (unpaired) electrons. The van der Waals surface area contributed by atoms with Crippen molar-refractivity contribution in [2.45, 2.75) is 13.3 Å². The first-order chi connectivity index (χ1) is 12.1. The second-order valence-corrected chi connectivity index (χ2v) is 5.96. The normalized spacial score (nSPS) is 12.9. The number of carbonyl (C=O) groups is 2. The minimum atomic E-state index is -0.306. The molecule has 6 nitrogen and oxygen atoms in total. The van der Waals surface area contributed by atoms with Gasteiger partial charge >= 0.3 is 0 Å². The van der Waals surface area contributed by atoms with Crippen molar-refractivity contribution < 1.29 is 9.59 Å². The van der Waals surface area contributed by atoms with Gasteiger partial charge < -0.3 is 10.2 Å². The van der Waals surface area contributed by atoms with Crippen molar-refractivity contribution in [3.63, 3.8) is 0 Å². The molecule has 1 aliphatic rings. The van der Waals surface area contributed by atoms with E-state index >= 15 is 0 Å². The second-order valence-electron chi connectivity index (χ2n) is 5.96. The third-order valence-corrected chi connectivity index (χ3v) is 4.29. The summed E-state index contributed by atoms with van der Waals surface area (Å²) in [7, 11) is 0. The van der Waals surface area contributed by atoms with Crippen LogP contribution in [-0.2, 0) is 11.2 Å². The average Bonchev–Trinajstić information content (AvgIpc) is 3.04. The fourth-order valence-corrected chi connectivity index (χ4v) is 3.07. The Morgan fingerprint density at radius 3 is 2.72 bits per heavy atom. The minimum absolute atomic E-state index is 0.0296. The molecule has 3 aromatic rings. The Morgan fingerprint density at radius 1 is 1.12 bits per heavy atom. The molecule has 2 amide bonds. The van der Waals surface area contributed by atoms with Gasteiger partial charge in [-0.25, -0.2) is 4.98 Å². The minimum Gasteiger partial charge on any atom is -0.321 e. The molecule has 124 valence electrons. The van der Waals surface area contributed by atoms with Gasteiger partial charge in [0, 0.05) is 24.8 Å². The maximum absolute atomic E-state index is 12.5. The number of rotatable bonds is 2. The van der Waals surface area contributed by atoms with E-state index in [1.165, 1.54) is 6.20 Å². The summed E-state index contributed by atoms with van der Waals surface area (Å²) in [5.41, 5.74) is 4.35. The highest BCUT2D eigenvalue weighted by Gasteiger charge is 2.22. The van der Waals surface area contributed by atoms with E-state index in [2.05, 4.69) is 15.3 Å². The van der Waals surface area contributed by atoms with E-state index in [1.54, 1.807) is 17.9 Å². The highest BCUT2D eigenvalue weighted by molar-refractivity contribution is 6.04. The van der Waals surface area contributed by atoms with Crippen molar-refractivity contribution in [2.24, 2.45) is 0 Å². The zero-order valence-corrected chi connectivity index (χ0v) is 13.7. The Bertz CT molecular complexity index is 1000. The molecule has 0 atom stereocenters. The van der Waals surface area contributed by atoms with Crippen LogP contribution in [0.4, 0.5) is 11.4 Å². The van der Waals surface area contributed by atoms with E-state index in [0.29, 0.717) is 17.7 Å². The molecule has 0 saturated heterocycles. The van der Waals surface area contributed by atoms with Crippen LogP contribution < -0.4 is 10.2 Å². The smallest absolute Gasteiger partial charge is 0.275 e. The zero-order chi connectivity index (χ0) is 17.4. The van der Waals surface area contributed by atoms with E-state index < -0.39 is 0 Å². The molecule has 1 N–H and O–H groups in total. The van der Waals surface area contributed by atoms with E-state index in [1.807, 2.05) is 36.4 Å². The number of carbonyl (C=O) groups excluding carboxylic acids is 2. The number of hydrogen-bond acceptors (Lipinski definition) is 4. The molecule has 1 aliphatic heterocycles. The number of hydrogen-bond donors (Lipinski definition) is 1. The molecule has 1 aromatic heterocycles. The van der Waals surface area contributed by atoms with Crippen molar-refractivity contribution in [1.82, 2.24) is 9.97 Å². The van der Waals surface area contributed by atoms with E-state index in [0.717, 1.165) is 23.2 Å². The number of anilines is 2. The Labute approximate surface area is 144 Å². The maximum Gasteiger partial charge on any atom is 0.275 e. The summed E-state index contributed by atoms with van der Waals surface area (Å²) in [5.74, 6) is -0.276. The summed E-state index contributed by atoms with van der Waals surface area (Å²) in [6.07, 6.45) is 2.26. The summed E-state index contributed by atoms with van der Waals surface area (Å²) in [6, 6.07) is 13.0. The van der Waals surface area contributed by atoms with Crippen LogP contribution in [0.1, 0.15) is 23.0 Å². The molecule has 0 saturated carbocycles. The van der Waals surface area contributed by atoms with Crippen molar-refractivity contribution in [1.29, 1.82) is 0 Å². The second kappa shape index (κ2) is 5.98. The number of benzene rings is 2. The molecule has 2 aromatic carbocycles. The summed E-state index contributed by atoms with van der Waals surface area (Å²) < 4.78 is 0. The van der Waals surface area contributed by atoms with E-state index in [4.69, 9.17) is 0 Å². The predicted octanol–water partition coefficient (Wildman–Crippen LogP) is 2.79. The Hall–Kier alpha value is -3.28. The quantitative estimate of drug-likeness (QED) is 0.783. The lowest BCUT2D eigenvalue weighted by atomic mass is 10.1. The Kier molecular flexibility index (Phi) is 3.65. The van der Waals surface area contributed by atoms with E-state index in [9.17, 15) is 9.59 Å². The highest BCUT2D eigenvalue weighted by atomic mass is 16.2. The van der Waals surface area contributed by atoms with Gasteiger partial charge in [0.1, 0.15) is 5.69 Å². The number of nitrogens with one attached hydrogen (secondary N) is 1. The molecular formula is C19H16N4O2. The van der Waals surface area contributed by atoms with Crippen LogP contribution >= 0.6 is 0 Å². The van der Waals surface area contributed by atoms with Gasteiger partial charge in [0.2, 0.25) is 5.91 Å². The Balaban J connectivity index is 1.57. The SMILES string of the molecule is CC(=O)N1CCc2cc(NC(=O)c3cnc4ccccc4n3)ccc21. The van der Waals surface area contributed by atoms with Gasteiger partial charge in [-0.1, -0.05) is 12.1 Å². The molecular weight excluding hydrogens is 316 g/mol. The predicted molar refractivity (Wildman–Crippen MR) is 95.7 cm³/mol. The summed E-state index contributed by atoms with van der Waals surface area (Å²) in [5, 5.41) is 2.85. The molecule has 6 heteroatoms. The van der Waals surface area contributed by atoms with Crippen LogP contribution in [0.5, 0.6) is 0 Å². The number of amides is 2. The molecule has 0 spiro atoms. The van der Waals surface area contributed by atoms with Crippen LogP contribution in [0.15, 0.2) is 48.7 Å². The lowest BCUT2D eigenvalue weighted by Gasteiger charge is -2.15. The van der Waals surface area contributed by atoms with E-state index in [-0.39, 0.29) is 17.5 Å². The van der Waals surface area contributed by atoms with Gasteiger partial charge in [-0.2, -0.15) is 0 Å². The molecule has 4 rings (SSSR count). The van der Waals surface area contributed by atoms with Crippen molar-refractivity contribution in [3.05, 3.63) is 59.9 Å². The topological polar surface area (TPSA) is 75.2 Å².